The van der Waals surface area contributed by atoms with Crippen molar-refractivity contribution in [2.75, 3.05) is 5.32 Å². The average Bonchev–Trinajstić information content (AvgIpc) is 2.94. The molecule has 4 nitrogen and oxygen atoms in total. The number of halogens is 2. The highest BCUT2D eigenvalue weighted by Gasteiger charge is 2.14. The zero-order chi connectivity index (χ0) is 20.3. The predicted molar refractivity (Wildman–Crippen MR) is 124 cm³/mol. The van der Waals surface area contributed by atoms with Crippen LogP contribution in [0.4, 0.5) is 5.69 Å². The molecular weight excluding hydrogens is 529 g/mol. The summed E-state index contributed by atoms with van der Waals surface area (Å²) in [7, 11) is 0. The lowest BCUT2D eigenvalue weighted by Crippen LogP contribution is -2.13. The molecular formula is C22H17BrIN3O. The molecule has 28 heavy (non-hydrogen) atoms. The zero-order valence-electron chi connectivity index (χ0n) is 15.3. The van der Waals surface area contributed by atoms with E-state index >= 15 is 0 Å². The first kappa shape index (κ1) is 20.4. The topological polar surface area (TPSA) is 57.8 Å². The third-order valence-corrected chi connectivity index (χ3v) is 5.51. The van der Waals surface area contributed by atoms with Gasteiger partial charge in [0.15, 0.2) is 0 Å². The third kappa shape index (κ3) is 4.54. The number of benzene rings is 2. The van der Waals surface area contributed by atoms with Crippen LogP contribution in [0.3, 0.4) is 0 Å². The quantitative estimate of drug-likeness (QED) is 0.248. The van der Waals surface area contributed by atoms with Crippen LogP contribution in [-0.2, 0) is 4.79 Å². The number of nitrogens with zero attached hydrogens (tertiary/aromatic N) is 2. The first-order chi connectivity index (χ1) is 13.4. The van der Waals surface area contributed by atoms with Gasteiger partial charge in [-0.05, 0) is 96.6 Å². The molecule has 1 N–H and O–H groups in total. The molecule has 3 rings (SSSR count). The number of amides is 1. The molecule has 140 valence electrons. The lowest BCUT2D eigenvalue weighted by Gasteiger charge is -2.10. The second-order valence-electron chi connectivity index (χ2n) is 6.27. The van der Waals surface area contributed by atoms with E-state index in [1.54, 1.807) is 18.2 Å². The second kappa shape index (κ2) is 8.76. The van der Waals surface area contributed by atoms with Crippen molar-refractivity contribution in [3.8, 4) is 11.8 Å². The summed E-state index contributed by atoms with van der Waals surface area (Å²) in [5.41, 5.74) is 4.59. The highest BCUT2D eigenvalue weighted by Crippen LogP contribution is 2.24. The fraction of sp³-hybridized carbons (Fsp3) is 0.0909. The lowest BCUT2D eigenvalue weighted by atomic mass is 10.1. The van der Waals surface area contributed by atoms with Crippen LogP contribution >= 0.6 is 38.5 Å². The van der Waals surface area contributed by atoms with Gasteiger partial charge in [-0.3, -0.25) is 4.79 Å². The Morgan fingerprint density at radius 1 is 1.18 bits per heavy atom. The number of carbonyl (C=O) groups is 1. The highest BCUT2D eigenvalue weighted by atomic mass is 127. The minimum absolute atomic E-state index is 0.0582. The number of carbonyl (C=O) groups excluding carboxylic acids is 1. The van der Waals surface area contributed by atoms with E-state index in [1.807, 2.05) is 38.1 Å². The molecule has 0 fully saturated rings. The number of nitrogens with one attached hydrogen (secondary N) is 1. The van der Waals surface area contributed by atoms with Gasteiger partial charge in [-0.25, -0.2) is 0 Å². The number of anilines is 1. The molecule has 6 heteroatoms. The fourth-order valence-corrected chi connectivity index (χ4v) is 3.75. The van der Waals surface area contributed by atoms with Crippen LogP contribution in [-0.4, -0.2) is 10.5 Å². The van der Waals surface area contributed by atoms with Crippen LogP contribution < -0.4 is 5.32 Å². The summed E-state index contributed by atoms with van der Waals surface area (Å²) < 4.78 is 4.14. The van der Waals surface area contributed by atoms with Gasteiger partial charge in [-0.1, -0.05) is 22.0 Å². The summed E-state index contributed by atoms with van der Waals surface area (Å²) in [6.45, 7) is 3.99. The van der Waals surface area contributed by atoms with Crippen molar-refractivity contribution < 1.29 is 4.79 Å². The molecule has 0 unspecified atom stereocenters. The van der Waals surface area contributed by atoms with Crippen molar-refractivity contribution in [1.29, 1.82) is 5.26 Å². The molecule has 2 aromatic carbocycles. The van der Waals surface area contributed by atoms with Gasteiger partial charge >= 0.3 is 0 Å². The SMILES string of the molecule is Cc1cc(/C=C(\C#N)C(=O)Nc2cccc(Br)c2)c(C)n1-c1ccc(I)cc1. The van der Waals surface area contributed by atoms with Crippen LogP contribution in [0.1, 0.15) is 17.0 Å². The smallest absolute Gasteiger partial charge is 0.266 e. The average molecular weight is 546 g/mol. The van der Waals surface area contributed by atoms with E-state index in [4.69, 9.17) is 0 Å². The van der Waals surface area contributed by atoms with Crippen LogP contribution in [0.5, 0.6) is 0 Å². The number of nitriles is 1. The maximum atomic E-state index is 12.5. The van der Waals surface area contributed by atoms with Gasteiger partial charge in [0.1, 0.15) is 11.6 Å². The van der Waals surface area contributed by atoms with Crippen LogP contribution in [0.25, 0.3) is 11.8 Å². The molecule has 1 aromatic heterocycles. The molecule has 1 amide bonds. The molecule has 0 bridgehead atoms. The van der Waals surface area contributed by atoms with Gasteiger partial charge in [0.2, 0.25) is 0 Å². The Hall–Kier alpha value is -2.37. The summed E-state index contributed by atoms with van der Waals surface area (Å²) in [5.74, 6) is -0.431. The number of aromatic nitrogens is 1. The molecule has 3 aromatic rings. The monoisotopic (exact) mass is 545 g/mol. The number of rotatable bonds is 4. The second-order valence-corrected chi connectivity index (χ2v) is 8.43. The predicted octanol–water partition coefficient (Wildman–Crippen LogP) is 6.01. The van der Waals surface area contributed by atoms with E-state index in [-0.39, 0.29) is 5.57 Å². The normalized spacial score (nSPS) is 11.2. The molecule has 1 heterocycles. The van der Waals surface area contributed by atoms with Gasteiger partial charge in [0, 0.05) is 30.8 Å². The van der Waals surface area contributed by atoms with Crippen molar-refractivity contribution >= 4 is 56.2 Å². The number of aryl methyl sites for hydroxylation is 1. The minimum atomic E-state index is -0.431. The lowest BCUT2D eigenvalue weighted by molar-refractivity contribution is -0.112. The Morgan fingerprint density at radius 3 is 2.54 bits per heavy atom. The van der Waals surface area contributed by atoms with Gasteiger partial charge in [-0.2, -0.15) is 5.26 Å². The molecule has 0 spiro atoms. The maximum Gasteiger partial charge on any atom is 0.266 e. The van der Waals surface area contributed by atoms with E-state index in [0.717, 1.165) is 27.1 Å². The van der Waals surface area contributed by atoms with E-state index in [9.17, 15) is 10.1 Å². The maximum absolute atomic E-state index is 12.5. The summed E-state index contributed by atoms with van der Waals surface area (Å²) in [6.07, 6.45) is 1.64. The Bertz CT molecular complexity index is 1110. The van der Waals surface area contributed by atoms with E-state index in [2.05, 4.69) is 72.7 Å². The van der Waals surface area contributed by atoms with Crippen molar-refractivity contribution in [3.05, 3.63) is 85.2 Å². The van der Waals surface area contributed by atoms with Crippen LogP contribution in [0.2, 0.25) is 0 Å². The number of hydrogen-bond acceptors (Lipinski definition) is 2. The standard InChI is InChI=1S/C22H17BrIN3O/c1-14-10-16(15(2)27(14)21-8-6-19(24)7-9-21)11-17(13-25)22(28)26-20-5-3-4-18(23)12-20/h3-12H,1-2H3,(H,26,28)/b17-11+. The Balaban J connectivity index is 1.93. The first-order valence-electron chi connectivity index (χ1n) is 8.52. The van der Waals surface area contributed by atoms with Crippen molar-refractivity contribution in [1.82, 2.24) is 4.57 Å². The summed E-state index contributed by atoms with van der Waals surface area (Å²) >= 11 is 5.65. The Labute approximate surface area is 186 Å². The van der Waals surface area contributed by atoms with Crippen LogP contribution in [0, 0.1) is 28.7 Å². The van der Waals surface area contributed by atoms with Gasteiger partial charge in [0.05, 0.1) is 0 Å². The zero-order valence-corrected chi connectivity index (χ0v) is 19.1. The minimum Gasteiger partial charge on any atom is -0.321 e. The van der Waals surface area contributed by atoms with E-state index in [1.165, 1.54) is 3.57 Å². The van der Waals surface area contributed by atoms with Gasteiger partial charge in [0.25, 0.3) is 5.91 Å². The summed E-state index contributed by atoms with van der Waals surface area (Å²) in [6, 6.07) is 19.5. The molecule has 0 aliphatic carbocycles. The largest absolute Gasteiger partial charge is 0.321 e. The highest BCUT2D eigenvalue weighted by molar-refractivity contribution is 14.1. The van der Waals surface area contributed by atoms with Gasteiger partial charge in [-0.15, -0.1) is 0 Å². The fourth-order valence-electron chi connectivity index (χ4n) is 2.99. The molecule has 0 aliphatic heterocycles. The van der Waals surface area contributed by atoms with Crippen LogP contribution in [0.15, 0.2) is 64.6 Å². The number of hydrogen-bond donors (Lipinski definition) is 1. The van der Waals surface area contributed by atoms with E-state index < -0.39 is 5.91 Å². The molecule has 0 aliphatic rings. The molecule has 0 radical (unpaired) electrons. The molecule has 0 saturated carbocycles. The Morgan fingerprint density at radius 2 is 1.89 bits per heavy atom. The Kier molecular flexibility index (Phi) is 6.37. The first-order valence-corrected chi connectivity index (χ1v) is 10.4. The summed E-state index contributed by atoms with van der Waals surface area (Å²) in [4.78, 5) is 12.5. The molecule has 0 saturated heterocycles. The summed E-state index contributed by atoms with van der Waals surface area (Å²) in [5, 5.41) is 12.3. The van der Waals surface area contributed by atoms with E-state index in [0.29, 0.717) is 5.69 Å². The third-order valence-electron chi connectivity index (χ3n) is 4.30. The van der Waals surface area contributed by atoms with Gasteiger partial charge < -0.3 is 9.88 Å². The van der Waals surface area contributed by atoms with Crippen molar-refractivity contribution in [2.45, 2.75) is 13.8 Å². The van der Waals surface area contributed by atoms with Crippen molar-refractivity contribution in [2.24, 2.45) is 0 Å². The molecule has 0 atom stereocenters. The van der Waals surface area contributed by atoms with Crippen molar-refractivity contribution in [3.63, 3.8) is 0 Å².